The number of likely N-dealkylation sites (N-methyl/N-ethyl adjacent to an activating group) is 1. The van der Waals surface area contributed by atoms with Gasteiger partial charge < -0.3 is 16.2 Å². The molecule has 0 radical (unpaired) electrons. The van der Waals surface area contributed by atoms with E-state index in [1.54, 1.807) is 25.8 Å². The third kappa shape index (κ3) is 5.67. The van der Waals surface area contributed by atoms with E-state index in [0.29, 0.717) is 12.2 Å². The Hall–Kier alpha value is -1.66. The molecule has 1 amide bonds. The van der Waals surface area contributed by atoms with Crippen molar-refractivity contribution < 1.29 is 14.3 Å². The standard InChI is InChI=1S/C13H20FN3O2/c1-13(2,19)8-17(3)7-12(18)16-11-5-4-9(14)6-10(11)15/h4-6,19H,7-8,15H2,1-3H3,(H,16,18). The van der Waals surface area contributed by atoms with Crippen molar-refractivity contribution in [1.29, 1.82) is 0 Å². The molecule has 0 saturated carbocycles. The number of halogens is 1. The van der Waals surface area contributed by atoms with Crippen molar-refractivity contribution in [3.63, 3.8) is 0 Å². The molecule has 0 fully saturated rings. The highest BCUT2D eigenvalue weighted by Gasteiger charge is 2.17. The molecule has 1 rings (SSSR count). The topological polar surface area (TPSA) is 78.6 Å². The first-order valence-corrected chi connectivity index (χ1v) is 5.93. The highest BCUT2D eigenvalue weighted by atomic mass is 19.1. The number of amides is 1. The van der Waals surface area contributed by atoms with Gasteiger partial charge in [-0.05, 0) is 39.1 Å². The Balaban J connectivity index is 2.56. The Kier molecular flexibility index (Phi) is 4.85. The third-order valence-corrected chi connectivity index (χ3v) is 2.36. The summed E-state index contributed by atoms with van der Waals surface area (Å²) in [6.07, 6.45) is 0. The Morgan fingerprint density at radius 3 is 2.68 bits per heavy atom. The van der Waals surface area contributed by atoms with Crippen LogP contribution in [0, 0.1) is 5.82 Å². The SMILES string of the molecule is CN(CC(=O)Nc1ccc(F)cc1N)CC(C)(C)O. The first-order chi connectivity index (χ1) is 8.67. The van der Waals surface area contributed by atoms with E-state index in [2.05, 4.69) is 5.32 Å². The number of nitrogens with two attached hydrogens (primary N) is 1. The lowest BCUT2D eigenvalue weighted by Gasteiger charge is -2.24. The number of carbonyl (C=O) groups is 1. The van der Waals surface area contributed by atoms with Crippen LogP contribution in [0.4, 0.5) is 15.8 Å². The van der Waals surface area contributed by atoms with Crippen molar-refractivity contribution in [2.75, 3.05) is 31.2 Å². The third-order valence-electron chi connectivity index (χ3n) is 2.36. The van der Waals surface area contributed by atoms with Gasteiger partial charge in [-0.1, -0.05) is 0 Å². The Morgan fingerprint density at radius 2 is 2.16 bits per heavy atom. The first kappa shape index (κ1) is 15.4. The van der Waals surface area contributed by atoms with Crippen molar-refractivity contribution in [3.8, 4) is 0 Å². The fraction of sp³-hybridized carbons (Fsp3) is 0.462. The summed E-state index contributed by atoms with van der Waals surface area (Å²) in [7, 11) is 1.73. The van der Waals surface area contributed by atoms with Gasteiger partial charge in [-0.25, -0.2) is 4.39 Å². The van der Waals surface area contributed by atoms with Gasteiger partial charge in [-0.3, -0.25) is 9.69 Å². The lowest BCUT2D eigenvalue weighted by Crippen LogP contribution is -2.40. The van der Waals surface area contributed by atoms with Crippen LogP contribution >= 0.6 is 0 Å². The summed E-state index contributed by atoms with van der Waals surface area (Å²) in [6, 6.07) is 3.79. The van der Waals surface area contributed by atoms with E-state index in [1.165, 1.54) is 12.1 Å². The van der Waals surface area contributed by atoms with E-state index in [-0.39, 0.29) is 18.1 Å². The van der Waals surface area contributed by atoms with E-state index in [1.807, 2.05) is 0 Å². The van der Waals surface area contributed by atoms with Crippen LogP contribution in [0.5, 0.6) is 0 Å². The minimum Gasteiger partial charge on any atom is -0.397 e. The maximum Gasteiger partial charge on any atom is 0.238 e. The number of carbonyl (C=O) groups excluding carboxylic acids is 1. The average Bonchev–Trinajstić information content (AvgIpc) is 2.19. The normalized spacial score (nSPS) is 11.7. The first-order valence-electron chi connectivity index (χ1n) is 5.93. The van der Waals surface area contributed by atoms with Crippen molar-refractivity contribution in [3.05, 3.63) is 24.0 Å². The van der Waals surface area contributed by atoms with Gasteiger partial charge in [0.2, 0.25) is 5.91 Å². The van der Waals surface area contributed by atoms with Crippen LogP contribution in [0.1, 0.15) is 13.8 Å². The van der Waals surface area contributed by atoms with Crippen molar-refractivity contribution in [2.24, 2.45) is 0 Å². The molecular formula is C13H20FN3O2. The lowest BCUT2D eigenvalue weighted by molar-refractivity contribution is -0.117. The number of nitrogens with zero attached hydrogens (tertiary/aromatic N) is 1. The van der Waals surface area contributed by atoms with Crippen molar-refractivity contribution in [2.45, 2.75) is 19.4 Å². The Bertz CT molecular complexity index is 458. The van der Waals surface area contributed by atoms with Crippen LogP contribution in [0.25, 0.3) is 0 Å². The smallest absolute Gasteiger partial charge is 0.238 e. The van der Waals surface area contributed by atoms with Crippen LogP contribution in [0.2, 0.25) is 0 Å². The molecular weight excluding hydrogens is 249 g/mol. The van der Waals surface area contributed by atoms with Gasteiger partial charge >= 0.3 is 0 Å². The average molecular weight is 269 g/mol. The molecule has 1 aromatic rings. The summed E-state index contributed by atoms with van der Waals surface area (Å²) in [5, 5.41) is 12.2. The molecule has 0 saturated heterocycles. The molecule has 0 aromatic heterocycles. The van der Waals surface area contributed by atoms with Crippen LogP contribution in [0.3, 0.4) is 0 Å². The Labute approximate surface area is 112 Å². The summed E-state index contributed by atoms with van der Waals surface area (Å²) >= 11 is 0. The zero-order valence-electron chi connectivity index (χ0n) is 11.4. The number of anilines is 2. The second kappa shape index (κ2) is 5.99. The summed E-state index contributed by atoms with van der Waals surface area (Å²) in [4.78, 5) is 13.5. The van der Waals surface area contributed by atoms with Gasteiger partial charge in [0.25, 0.3) is 0 Å². The monoisotopic (exact) mass is 269 g/mol. The minimum atomic E-state index is -0.871. The number of nitrogens with one attached hydrogen (secondary N) is 1. The molecule has 0 spiro atoms. The van der Waals surface area contributed by atoms with Gasteiger partial charge in [-0.15, -0.1) is 0 Å². The summed E-state index contributed by atoms with van der Waals surface area (Å²) < 4.78 is 12.9. The van der Waals surface area contributed by atoms with Crippen LogP contribution in [-0.4, -0.2) is 41.7 Å². The van der Waals surface area contributed by atoms with Gasteiger partial charge in [0, 0.05) is 6.54 Å². The number of nitrogen functional groups attached to an aromatic ring is 1. The molecule has 106 valence electrons. The van der Waals surface area contributed by atoms with Crippen LogP contribution in [-0.2, 0) is 4.79 Å². The lowest BCUT2D eigenvalue weighted by atomic mass is 10.1. The van der Waals surface area contributed by atoms with Crippen molar-refractivity contribution in [1.82, 2.24) is 4.90 Å². The van der Waals surface area contributed by atoms with E-state index in [9.17, 15) is 14.3 Å². The number of hydrogen-bond acceptors (Lipinski definition) is 4. The number of aliphatic hydroxyl groups is 1. The second-order valence-electron chi connectivity index (χ2n) is 5.26. The molecule has 0 unspecified atom stereocenters. The Morgan fingerprint density at radius 1 is 1.53 bits per heavy atom. The van der Waals surface area contributed by atoms with Gasteiger partial charge in [0.05, 0.1) is 23.5 Å². The van der Waals surface area contributed by atoms with Gasteiger partial charge in [0.15, 0.2) is 0 Å². The summed E-state index contributed by atoms with van der Waals surface area (Å²) in [5.74, 6) is -0.722. The molecule has 1 aromatic carbocycles. The maximum absolute atomic E-state index is 12.9. The highest BCUT2D eigenvalue weighted by Crippen LogP contribution is 2.18. The van der Waals surface area contributed by atoms with Gasteiger partial charge in [-0.2, -0.15) is 0 Å². The molecule has 0 bridgehead atoms. The molecule has 6 heteroatoms. The van der Waals surface area contributed by atoms with E-state index >= 15 is 0 Å². The molecule has 19 heavy (non-hydrogen) atoms. The largest absolute Gasteiger partial charge is 0.397 e. The molecule has 4 N–H and O–H groups in total. The molecule has 0 heterocycles. The number of hydrogen-bond donors (Lipinski definition) is 3. The number of rotatable bonds is 5. The summed E-state index contributed by atoms with van der Waals surface area (Å²) in [5.41, 5.74) is 5.28. The van der Waals surface area contributed by atoms with Crippen molar-refractivity contribution >= 4 is 17.3 Å². The highest BCUT2D eigenvalue weighted by molar-refractivity contribution is 5.95. The second-order valence-corrected chi connectivity index (χ2v) is 5.26. The predicted molar refractivity (Wildman–Crippen MR) is 73.2 cm³/mol. The van der Waals surface area contributed by atoms with E-state index in [4.69, 9.17) is 5.73 Å². The summed E-state index contributed by atoms with van der Waals surface area (Å²) in [6.45, 7) is 3.80. The fourth-order valence-electron chi connectivity index (χ4n) is 1.80. The van der Waals surface area contributed by atoms with E-state index in [0.717, 1.165) is 6.07 Å². The van der Waals surface area contributed by atoms with Crippen LogP contribution < -0.4 is 11.1 Å². The molecule has 0 atom stereocenters. The minimum absolute atomic E-state index is 0.112. The molecule has 0 aliphatic rings. The molecule has 0 aliphatic heterocycles. The molecule has 5 nitrogen and oxygen atoms in total. The molecule has 0 aliphatic carbocycles. The zero-order chi connectivity index (χ0) is 14.6. The van der Waals surface area contributed by atoms with Crippen LogP contribution in [0.15, 0.2) is 18.2 Å². The quantitative estimate of drug-likeness (QED) is 0.698. The zero-order valence-corrected chi connectivity index (χ0v) is 11.4. The van der Waals surface area contributed by atoms with E-state index < -0.39 is 11.4 Å². The van der Waals surface area contributed by atoms with Gasteiger partial charge in [0.1, 0.15) is 5.82 Å². The number of benzene rings is 1. The fourth-order valence-corrected chi connectivity index (χ4v) is 1.80. The maximum atomic E-state index is 12.9. The predicted octanol–water partition coefficient (Wildman–Crippen LogP) is 1.05.